The van der Waals surface area contributed by atoms with E-state index in [0.717, 1.165) is 25.7 Å². The summed E-state index contributed by atoms with van der Waals surface area (Å²) in [4.78, 5) is 22.6. The summed E-state index contributed by atoms with van der Waals surface area (Å²) in [7, 11) is 1.53. The van der Waals surface area contributed by atoms with Crippen LogP contribution >= 0.6 is 0 Å². The number of aliphatic carboxylic acids is 1. The highest BCUT2D eigenvalue weighted by atomic mass is 16.4. The molecule has 1 aromatic rings. The summed E-state index contributed by atoms with van der Waals surface area (Å²) < 4.78 is 0. The lowest BCUT2D eigenvalue weighted by Crippen LogP contribution is -2.32. The van der Waals surface area contributed by atoms with Gasteiger partial charge in [-0.3, -0.25) is 9.59 Å². The molecule has 2 atom stereocenters. The molecule has 1 aliphatic carbocycles. The SMILES string of the molecule is CNC(=O)c1ccc(NCC2CCCCC2C(=O)O)nn1. The van der Waals surface area contributed by atoms with E-state index in [1.807, 2.05) is 0 Å². The van der Waals surface area contributed by atoms with Crippen LogP contribution in [0.4, 0.5) is 5.82 Å². The molecule has 0 saturated heterocycles. The standard InChI is InChI=1S/C14H20N4O3/c1-15-13(19)11-6-7-12(18-17-11)16-8-9-4-2-3-5-10(9)14(20)21/h6-7,9-10H,2-5,8H2,1H3,(H,15,19)(H,16,18)(H,20,21). The fourth-order valence-corrected chi connectivity index (χ4v) is 2.69. The van der Waals surface area contributed by atoms with Crippen molar-refractivity contribution in [2.45, 2.75) is 25.7 Å². The van der Waals surface area contributed by atoms with Gasteiger partial charge in [-0.25, -0.2) is 0 Å². The number of anilines is 1. The first-order valence-corrected chi connectivity index (χ1v) is 7.14. The van der Waals surface area contributed by atoms with E-state index in [4.69, 9.17) is 0 Å². The van der Waals surface area contributed by atoms with Gasteiger partial charge in [-0.1, -0.05) is 12.8 Å². The zero-order valence-corrected chi connectivity index (χ0v) is 12.0. The molecule has 2 rings (SSSR count). The Balaban J connectivity index is 1.92. The fraction of sp³-hybridized carbons (Fsp3) is 0.571. The van der Waals surface area contributed by atoms with E-state index in [1.54, 1.807) is 12.1 Å². The Morgan fingerprint density at radius 2 is 2.05 bits per heavy atom. The molecule has 0 aliphatic heterocycles. The van der Waals surface area contributed by atoms with Gasteiger partial charge in [0.2, 0.25) is 0 Å². The first kappa shape index (κ1) is 15.2. The Hall–Kier alpha value is -2.18. The third-order valence-corrected chi connectivity index (χ3v) is 3.90. The van der Waals surface area contributed by atoms with Crippen molar-refractivity contribution in [2.24, 2.45) is 11.8 Å². The van der Waals surface area contributed by atoms with Gasteiger partial charge in [0.15, 0.2) is 5.69 Å². The summed E-state index contributed by atoms with van der Waals surface area (Å²) in [5, 5.41) is 22.6. The molecule has 1 aliphatic rings. The number of amides is 1. The minimum atomic E-state index is -0.720. The van der Waals surface area contributed by atoms with E-state index < -0.39 is 5.97 Å². The molecule has 0 bridgehead atoms. The van der Waals surface area contributed by atoms with E-state index >= 15 is 0 Å². The van der Waals surface area contributed by atoms with E-state index in [1.165, 1.54) is 7.05 Å². The van der Waals surface area contributed by atoms with Crippen LogP contribution in [0.5, 0.6) is 0 Å². The Labute approximate surface area is 123 Å². The van der Waals surface area contributed by atoms with E-state index in [-0.39, 0.29) is 23.4 Å². The number of aromatic nitrogens is 2. The fourth-order valence-electron chi connectivity index (χ4n) is 2.69. The lowest BCUT2D eigenvalue weighted by molar-refractivity contribution is -0.144. The summed E-state index contributed by atoms with van der Waals surface area (Å²) in [6, 6.07) is 3.26. The maximum atomic E-state index is 11.3. The van der Waals surface area contributed by atoms with Gasteiger partial charge < -0.3 is 15.7 Å². The molecule has 114 valence electrons. The van der Waals surface area contributed by atoms with Crippen LogP contribution in [0.1, 0.15) is 36.2 Å². The molecule has 0 radical (unpaired) electrons. The highest BCUT2D eigenvalue weighted by Crippen LogP contribution is 2.30. The monoisotopic (exact) mass is 292 g/mol. The van der Waals surface area contributed by atoms with Gasteiger partial charge in [-0.15, -0.1) is 10.2 Å². The van der Waals surface area contributed by atoms with Crippen LogP contribution in [0.15, 0.2) is 12.1 Å². The Morgan fingerprint density at radius 3 is 2.67 bits per heavy atom. The molecular weight excluding hydrogens is 272 g/mol. The second-order valence-electron chi connectivity index (χ2n) is 5.25. The molecule has 1 amide bonds. The van der Waals surface area contributed by atoms with E-state index in [0.29, 0.717) is 12.4 Å². The van der Waals surface area contributed by atoms with Crippen LogP contribution in [0.3, 0.4) is 0 Å². The number of hydrogen-bond donors (Lipinski definition) is 3. The average Bonchev–Trinajstić information content (AvgIpc) is 2.52. The quantitative estimate of drug-likeness (QED) is 0.751. The number of nitrogens with one attached hydrogen (secondary N) is 2. The van der Waals surface area contributed by atoms with Crippen molar-refractivity contribution in [3.63, 3.8) is 0 Å². The molecule has 3 N–H and O–H groups in total. The highest BCUT2D eigenvalue weighted by molar-refractivity contribution is 5.91. The largest absolute Gasteiger partial charge is 0.481 e. The molecule has 1 fully saturated rings. The van der Waals surface area contributed by atoms with Crippen LogP contribution < -0.4 is 10.6 Å². The van der Waals surface area contributed by atoms with Crippen LogP contribution in [0, 0.1) is 11.8 Å². The van der Waals surface area contributed by atoms with Crippen molar-refractivity contribution in [1.29, 1.82) is 0 Å². The zero-order valence-electron chi connectivity index (χ0n) is 12.0. The van der Waals surface area contributed by atoms with Crippen molar-refractivity contribution < 1.29 is 14.7 Å². The first-order valence-electron chi connectivity index (χ1n) is 7.14. The molecule has 1 heterocycles. The van der Waals surface area contributed by atoms with Crippen LogP contribution in [-0.4, -0.2) is 40.8 Å². The maximum absolute atomic E-state index is 11.3. The minimum absolute atomic E-state index is 0.108. The Morgan fingerprint density at radius 1 is 1.29 bits per heavy atom. The number of carboxylic acids is 1. The van der Waals surface area contributed by atoms with E-state index in [2.05, 4.69) is 20.8 Å². The summed E-state index contributed by atoms with van der Waals surface area (Å²) in [6.07, 6.45) is 3.70. The summed E-state index contributed by atoms with van der Waals surface area (Å²) in [5.74, 6) is -0.631. The molecule has 21 heavy (non-hydrogen) atoms. The number of carbonyl (C=O) groups is 2. The predicted molar refractivity (Wildman–Crippen MR) is 77.0 cm³/mol. The predicted octanol–water partition coefficient (Wildman–Crippen LogP) is 1.14. The molecule has 0 aromatic carbocycles. The molecule has 7 heteroatoms. The third kappa shape index (κ3) is 3.90. The molecule has 1 saturated carbocycles. The van der Waals surface area contributed by atoms with Crippen LogP contribution in [0.25, 0.3) is 0 Å². The van der Waals surface area contributed by atoms with Crippen molar-refractivity contribution in [3.05, 3.63) is 17.8 Å². The van der Waals surface area contributed by atoms with Gasteiger partial charge in [0.1, 0.15) is 5.82 Å². The van der Waals surface area contributed by atoms with Gasteiger partial charge in [0.25, 0.3) is 5.91 Å². The Bertz CT molecular complexity index is 503. The highest BCUT2D eigenvalue weighted by Gasteiger charge is 2.30. The van der Waals surface area contributed by atoms with Gasteiger partial charge in [0.05, 0.1) is 5.92 Å². The van der Waals surface area contributed by atoms with Gasteiger partial charge >= 0.3 is 5.97 Å². The van der Waals surface area contributed by atoms with Gasteiger partial charge in [0, 0.05) is 13.6 Å². The number of rotatable bonds is 5. The van der Waals surface area contributed by atoms with Crippen LogP contribution in [-0.2, 0) is 4.79 Å². The lowest BCUT2D eigenvalue weighted by atomic mass is 9.79. The number of carbonyl (C=O) groups excluding carboxylic acids is 1. The zero-order chi connectivity index (χ0) is 15.2. The molecule has 2 unspecified atom stereocenters. The van der Waals surface area contributed by atoms with E-state index in [9.17, 15) is 14.7 Å². The van der Waals surface area contributed by atoms with Crippen molar-refractivity contribution in [3.8, 4) is 0 Å². The minimum Gasteiger partial charge on any atom is -0.481 e. The number of carboxylic acid groups (broad SMARTS) is 1. The Kier molecular flexibility index (Phi) is 5.08. The number of hydrogen-bond acceptors (Lipinski definition) is 5. The molecule has 7 nitrogen and oxygen atoms in total. The van der Waals surface area contributed by atoms with Gasteiger partial charge in [-0.05, 0) is 30.9 Å². The lowest BCUT2D eigenvalue weighted by Gasteiger charge is -2.28. The maximum Gasteiger partial charge on any atom is 0.306 e. The number of nitrogens with zero attached hydrogens (tertiary/aromatic N) is 2. The normalized spacial score (nSPS) is 21.6. The van der Waals surface area contributed by atoms with Crippen LogP contribution in [0.2, 0.25) is 0 Å². The second kappa shape index (κ2) is 7.01. The van der Waals surface area contributed by atoms with Crippen molar-refractivity contribution >= 4 is 17.7 Å². The summed E-state index contributed by atoms with van der Waals surface area (Å²) in [5.41, 5.74) is 0.254. The van der Waals surface area contributed by atoms with Crippen molar-refractivity contribution in [1.82, 2.24) is 15.5 Å². The molecule has 1 aromatic heterocycles. The first-order chi connectivity index (χ1) is 10.1. The topological polar surface area (TPSA) is 104 Å². The van der Waals surface area contributed by atoms with Gasteiger partial charge in [-0.2, -0.15) is 0 Å². The second-order valence-corrected chi connectivity index (χ2v) is 5.25. The molecular formula is C14H20N4O3. The van der Waals surface area contributed by atoms with Crippen molar-refractivity contribution in [2.75, 3.05) is 18.9 Å². The average molecular weight is 292 g/mol. The summed E-state index contributed by atoms with van der Waals surface area (Å²) in [6.45, 7) is 0.560. The summed E-state index contributed by atoms with van der Waals surface area (Å²) >= 11 is 0. The third-order valence-electron chi connectivity index (χ3n) is 3.90. The smallest absolute Gasteiger partial charge is 0.306 e. The molecule has 0 spiro atoms.